The first-order chi connectivity index (χ1) is 11.0. The highest BCUT2D eigenvalue weighted by Gasteiger charge is 2.24. The van der Waals surface area contributed by atoms with Crippen molar-refractivity contribution in [3.63, 3.8) is 0 Å². The molecule has 6 heteroatoms. The third kappa shape index (κ3) is 3.89. The molecule has 0 N–H and O–H groups in total. The van der Waals surface area contributed by atoms with E-state index in [-0.39, 0.29) is 11.9 Å². The van der Waals surface area contributed by atoms with Gasteiger partial charge in [-0.1, -0.05) is 0 Å². The van der Waals surface area contributed by atoms with Gasteiger partial charge in [0.25, 0.3) is 0 Å². The van der Waals surface area contributed by atoms with Gasteiger partial charge in [0.15, 0.2) is 0 Å². The number of hydrogen-bond acceptors (Lipinski definition) is 4. The van der Waals surface area contributed by atoms with Crippen LogP contribution in [0.5, 0.6) is 0 Å². The quantitative estimate of drug-likeness (QED) is 0.872. The Kier molecular flexibility index (Phi) is 4.63. The highest BCUT2D eigenvalue weighted by molar-refractivity contribution is 5.19. The van der Waals surface area contributed by atoms with E-state index in [4.69, 9.17) is 4.74 Å². The first-order valence-electron chi connectivity index (χ1n) is 7.61. The van der Waals surface area contributed by atoms with Gasteiger partial charge in [0.2, 0.25) is 0 Å². The van der Waals surface area contributed by atoms with Gasteiger partial charge in [-0.05, 0) is 38.1 Å². The maximum Gasteiger partial charge on any atom is 0.127 e. The van der Waals surface area contributed by atoms with Gasteiger partial charge in [-0.2, -0.15) is 0 Å². The van der Waals surface area contributed by atoms with Crippen molar-refractivity contribution in [3.05, 3.63) is 58.7 Å². The molecule has 0 unspecified atom stereocenters. The molecule has 3 rings (SSSR count). The van der Waals surface area contributed by atoms with Crippen LogP contribution in [0.25, 0.3) is 0 Å². The molecule has 1 aliphatic rings. The van der Waals surface area contributed by atoms with E-state index in [1.54, 1.807) is 0 Å². The second kappa shape index (κ2) is 6.68. The fourth-order valence-corrected chi connectivity index (χ4v) is 2.84. The normalized spacial score (nSPS) is 19.0. The summed E-state index contributed by atoms with van der Waals surface area (Å²) in [4.78, 5) is 10.8. The van der Waals surface area contributed by atoms with Crippen LogP contribution in [-0.2, 0) is 11.3 Å². The number of halogens is 2. The van der Waals surface area contributed by atoms with Crippen LogP contribution in [0, 0.1) is 25.5 Å². The van der Waals surface area contributed by atoms with E-state index in [2.05, 4.69) is 14.9 Å². The SMILES string of the molecule is Cc1cc([C@H]2CN(Cc3cc(F)ccc3F)CCO2)nc(C)n1. The summed E-state index contributed by atoms with van der Waals surface area (Å²) in [6.07, 6.45) is -0.180. The monoisotopic (exact) mass is 319 g/mol. The van der Waals surface area contributed by atoms with E-state index < -0.39 is 5.82 Å². The van der Waals surface area contributed by atoms with Crippen molar-refractivity contribution in [2.45, 2.75) is 26.5 Å². The molecule has 23 heavy (non-hydrogen) atoms. The number of benzene rings is 1. The number of ether oxygens (including phenoxy) is 1. The lowest BCUT2D eigenvalue weighted by atomic mass is 10.1. The average molecular weight is 319 g/mol. The maximum atomic E-state index is 13.8. The van der Waals surface area contributed by atoms with Crippen LogP contribution in [0.3, 0.4) is 0 Å². The van der Waals surface area contributed by atoms with E-state index in [0.29, 0.717) is 37.6 Å². The third-order valence-corrected chi connectivity index (χ3v) is 3.87. The highest BCUT2D eigenvalue weighted by atomic mass is 19.1. The molecule has 0 bridgehead atoms. The van der Waals surface area contributed by atoms with Gasteiger partial charge < -0.3 is 4.74 Å². The van der Waals surface area contributed by atoms with Crippen LogP contribution in [0.2, 0.25) is 0 Å². The molecule has 4 nitrogen and oxygen atoms in total. The predicted octanol–water partition coefficient (Wildman–Crippen LogP) is 2.95. The zero-order valence-corrected chi connectivity index (χ0v) is 13.2. The average Bonchev–Trinajstić information content (AvgIpc) is 2.50. The summed E-state index contributed by atoms with van der Waals surface area (Å²) in [5.74, 6) is -0.103. The Morgan fingerprint density at radius 3 is 2.83 bits per heavy atom. The summed E-state index contributed by atoms with van der Waals surface area (Å²) >= 11 is 0. The predicted molar refractivity (Wildman–Crippen MR) is 81.8 cm³/mol. The molecule has 1 saturated heterocycles. The van der Waals surface area contributed by atoms with E-state index in [9.17, 15) is 8.78 Å². The number of aromatic nitrogens is 2. The van der Waals surface area contributed by atoms with Gasteiger partial charge >= 0.3 is 0 Å². The molecular formula is C17H19F2N3O. The van der Waals surface area contributed by atoms with Crippen molar-refractivity contribution in [3.8, 4) is 0 Å². The smallest absolute Gasteiger partial charge is 0.127 e. The molecular weight excluding hydrogens is 300 g/mol. The third-order valence-electron chi connectivity index (χ3n) is 3.87. The zero-order valence-electron chi connectivity index (χ0n) is 13.2. The molecule has 0 aliphatic carbocycles. The van der Waals surface area contributed by atoms with Crippen LogP contribution in [0.15, 0.2) is 24.3 Å². The highest BCUT2D eigenvalue weighted by Crippen LogP contribution is 2.23. The van der Waals surface area contributed by atoms with E-state index >= 15 is 0 Å². The second-order valence-corrected chi connectivity index (χ2v) is 5.81. The molecule has 0 spiro atoms. The van der Waals surface area contributed by atoms with Crippen LogP contribution in [0.1, 0.15) is 28.9 Å². The molecule has 2 aromatic rings. The molecule has 1 aromatic carbocycles. The van der Waals surface area contributed by atoms with Crippen LogP contribution in [0.4, 0.5) is 8.78 Å². The summed E-state index contributed by atoms with van der Waals surface area (Å²) in [6, 6.07) is 5.45. The largest absolute Gasteiger partial charge is 0.369 e. The van der Waals surface area contributed by atoms with Crippen molar-refractivity contribution in [1.29, 1.82) is 0 Å². The maximum absolute atomic E-state index is 13.8. The lowest BCUT2D eigenvalue weighted by Gasteiger charge is -2.32. The minimum absolute atomic E-state index is 0.180. The lowest BCUT2D eigenvalue weighted by molar-refractivity contribution is -0.0354. The molecule has 1 fully saturated rings. The van der Waals surface area contributed by atoms with E-state index in [1.165, 1.54) is 12.1 Å². The van der Waals surface area contributed by atoms with Gasteiger partial charge in [-0.3, -0.25) is 4.90 Å². The molecule has 1 aromatic heterocycles. The Hall–Kier alpha value is -1.92. The van der Waals surface area contributed by atoms with Gasteiger partial charge in [0, 0.05) is 30.9 Å². The Morgan fingerprint density at radius 2 is 2.04 bits per heavy atom. The summed E-state index contributed by atoms with van der Waals surface area (Å²) in [5.41, 5.74) is 2.09. The Morgan fingerprint density at radius 1 is 1.22 bits per heavy atom. The van der Waals surface area contributed by atoms with E-state index in [1.807, 2.05) is 19.9 Å². The van der Waals surface area contributed by atoms with Gasteiger partial charge in [-0.15, -0.1) is 0 Å². The summed E-state index contributed by atoms with van der Waals surface area (Å²) in [7, 11) is 0. The fraction of sp³-hybridized carbons (Fsp3) is 0.412. The standard InChI is InChI=1S/C17H19F2N3O/c1-11-7-16(21-12(2)20-11)17-10-22(5-6-23-17)9-13-8-14(18)3-4-15(13)19/h3-4,7-8,17H,5-6,9-10H2,1-2H3/t17-/m1/s1. The Labute approximate surface area is 134 Å². The Balaban J connectivity index is 1.74. The molecule has 0 radical (unpaired) electrons. The first kappa shape index (κ1) is 16.0. The van der Waals surface area contributed by atoms with Crippen LogP contribution < -0.4 is 0 Å². The molecule has 0 amide bonds. The number of morpholine rings is 1. The van der Waals surface area contributed by atoms with Crippen molar-refractivity contribution in [2.24, 2.45) is 0 Å². The first-order valence-corrected chi connectivity index (χ1v) is 7.61. The number of rotatable bonds is 3. The van der Waals surface area contributed by atoms with Crippen molar-refractivity contribution in [1.82, 2.24) is 14.9 Å². The minimum Gasteiger partial charge on any atom is -0.369 e. The number of nitrogens with zero attached hydrogens (tertiary/aromatic N) is 3. The molecule has 0 saturated carbocycles. The summed E-state index contributed by atoms with van der Waals surface area (Å²) < 4.78 is 32.9. The molecule has 1 aliphatic heterocycles. The molecule has 122 valence electrons. The topological polar surface area (TPSA) is 38.2 Å². The van der Waals surface area contributed by atoms with Gasteiger partial charge in [0.05, 0.1) is 12.3 Å². The molecule has 1 atom stereocenters. The zero-order chi connectivity index (χ0) is 16.4. The number of hydrogen-bond donors (Lipinski definition) is 0. The molecule has 2 heterocycles. The van der Waals surface area contributed by atoms with Gasteiger partial charge in [0.1, 0.15) is 23.6 Å². The summed E-state index contributed by atoms with van der Waals surface area (Å²) in [6.45, 7) is 5.91. The lowest BCUT2D eigenvalue weighted by Crippen LogP contribution is -2.38. The van der Waals surface area contributed by atoms with Crippen LogP contribution in [-0.4, -0.2) is 34.6 Å². The van der Waals surface area contributed by atoms with E-state index in [0.717, 1.165) is 17.5 Å². The Bertz CT molecular complexity index is 688. The second-order valence-electron chi connectivity index (χ2n) is 5.81. The summed E-state index contributed by atoms with van der Waals surface area (Å²) in [5, 5.41) is 0. The van der Waals surface area contributed by atoms with Crippen molar-refractivity contribution >= 4 is 0 Å². The minimum atomic E-state index is -0.423. The van der Waals surface area contributed by atoms with Crippen LogP contribution >= 0.6 is 0 Å². The van der Waals surface area contributed by atoms with Crippen molar-refractivity contribution < 1.29 is 13.5 Å². The van der Waals surface area contributed by atoms with Crippen molar-refractivity contribution in [2.75, 3.05) is 19.7 Å². The fourth-order valence-electron chi connectivity index (χ4n) is 2.84. The number of aryl methyl sites for hydroxylation is 2. The van der Waals surface area contributed by atoms with Gasteiger partial charge in [-0.25, -0.2) is 18.7 Å².